The van der Waals surface area contributed by atoms with E-state index in [1.165, 1.54) is 4.90 Å². The normalized spacial score (nSPS) is 19.9. The number of nitrogens with zero attached hydrogens (tertiary/aromatic N) is 1. The Morgan fingerprint density at radius 2 is 1.67 bits per heavy atom. The van der Waals surface area contributed by atoms with Gasteiger partial charge in [-0.25, -0.2) is 4.79 Å². The largest absolute Gasteiger partial charge is 0.497 e. The van der Waals surface area contributed by atoms with Crippen LogP contribution in [0.1, 0.15) is 63.4 Å². The van der Waals surface area contributed by atoms with E-state index < -0.39 is 11.9 Å². The molecule has 1 atom stereocenters. The summed E-state index contributed by atoms with van der Waals surface area (Å²) in [6, 6.07) is 7.20. The summed E-state index contributed by atoms with van der Waals surface area (Å²) in [5.41, 5.74) is 1.15. The lowest BCUT2D eigenvalue weighted by Crippen LogP contribution is -2.52. The number of hydrogen-bond acceptors (Lipinski definition) is 5. The number of aryl methyl sites for hydroxylation is 1. The fraction of sp³-hybridized carbons (Fsp3) is 0.625. The molecule has 0 bridgehead atoms. The molecule has 1 heterocycles. The topological polar surface area (TPSA) is 72.9 Å². The average Bonchev–Trinajstić information content (AvgIpc) is 2.81. The summed E-state index contributed by atoms with van der Waals surface area (Å²) >= 11 is 0. The minimum absolute atomic E-state index is 0.172. The Morgan fingerprint density at radius 3 is 2.37 bits per heavy atom. The molecule has 2 fully saturated rings. The Hall–Kier alpha value is -2.37. The minimum atomic E-state index is -0.625. The van der Waals surface area contributed by atoms with Crippen molar-refractivity contribution in [1.29, 1.82) is 0 Å². The Labute approximate surface area is 178 Å². The summed E-state index contributed by atoms with van der Waals surface area (Å²) in [7, 11) is 1.64. The Bertz CT molecular complexity index is 724. The van der Waals surface area contributed by atoms with Gasteiger partial charge >= 0.3 is 5.97 Å². The third kappa shape index (κ3) is 5.83. The predicted octanol–water partition coefficient (Wildman–Crippen LogP) is 3.70. The third-order valence-electron chi connectivity index (χ3n) is 6.24. The lowest BCUT2D eigenvalue weighted by molar-refractivity contribution is -0.160. The van der Waals surface area contributed by atoms with Crippen LogP contribution >= 0.6 is 0 Å². The van der Waals surface area contributed by atoms with Crippen LogP contribution in [-0.4, -0.2) is 48.9 Å². The van der Waals surface area contributed by atoms with Gasteiger partial charge in [-0.1, -0.05) is 31.4 Å². The summed E-state index contributed by atoms with van der Waals surface area (Å²) in [5, 5.41) is 0. The van der Waals surface area contributed by atoms with Crippen LogP contribution in [0.15, 0.2) is 24.3 Å². The van der Waals surface area contributed by atoms with Crippen LogP contribution in [0.25, 0.3) is 0 Å². The molecule has 0 aromatic heterocycles. The highest BCUT2D eigenvalue weighted by Gasteiger charge is 2.38. The van der Waals surface area contributed by atoms with E-state index in [0.29, 0.717) is 26.0 Å². The van der Waals surface area contributed by atoms with Crippen molar-refractivity contribution in [3.8, 4) is 5.75 Å². The number of hydrogen-bond donors (Lipinski definition) is 0. The smallest absolute Gasteiger partial charge is 0.328 e. The molecule has 2 aliphatic rings. The summed E-state index contributed by atoms with van der Waals surface area (Å²) in [6.07, 6.45) is 8.49. The zero-order chi connectivity index (χ0) is 21.3. The molecule has 1 aromatic rings. The van der Waals surface area contributed by atoms with E-state index in [0.717, 1.165) is 62.7 Å². The minimum Gasteiger partial charge on any atom is -0.497 e. The number of ether oxygens (including phenoxy) is 2. The van der Waals surface area contributed by atoms with Crippen LogP contribution in [0.4, 0.5) is 0 Å². The standard InChI is InChI=1S/C24H33NO5/c1-29-20-14-12-18(13-15-20)8-7-17-30-24(28)21-11-5-6-16-25(21)23(27)22(26)19-9-3-2-4-10-19/h12-15,19,21H,2-11,16-17H2,1H3/t21-/m0/s1. The zero-order valence-electron chi connectivity index (χ0n) is 17.9. The maximum absolute atomic E-state index is 12.8. The molecule has 1 amide bonds. The molecule has 1 aromatic carbocycles. The number of piperidine rings is 1. The van der Waals surface area contributed by atoms with E-state index in [-0.39, 0.29) is 17.7 Å². The molecular formula is C24H33NO5. The molecule has 30 heavy (non-hydrogen) atoms. The highest BCUT2D eigenvalue weighted by molar-refractivity contribution is 6.37. The van der Waals surface area contributed by atoms with E-state index in [4.69, 9.17) is 9.47 Å². The second-order valence-electron chi connectivity index (χ2n) is 8.33. The highest BCUT2D eigenvalue weighted by Crippen LogP contribution is 2.27. The lowest BCUT2D eigenvalue weighted by atomic mass is 9.85. The van der Waals surface area contributed by atoms with Gasteiger partial charge in [0.25, 0.3) is 5.91 Å². The summed E-state index contributed by atoms with van der Waals surface area (Å²) < 4.78 is 10.6. The molecule has 0 spiro atoms. The van der Waals surface area contributed by atoms with E-state index in [9.17, 15) is 14.4 Å². The van der Waals surface area contributed by atoms with Gasteiger partial charge in [0.05, 0.1) is 13.7 Å². The monoisotopic (exact) mass is 415 g/mol. The van der Waals surface area contributed by atoms with Gasteiger partial charge in [0.1, 0.15) is 11.8 Å². The van der Waals surface area contributed by atoms with Crippen LogP contribution in [0.3, 0.4) is 0 Å². The van der Waals surface area contributed by atoms with Gasteiger partial charge < -0.3 is 14.4 Å². The van der Waals surface area contributed by atoms with Crippen molar-refractivity contribution in [1.82, 2.24) is 4.90 Å². The predicted molar refractivity (Wildman–Crippen MR) is 113 cm³/mol. The molecule has 6 nitrogen and oxygen atoms in total. The van der Waals surface area contributed by atoms with Gasteiger partial charge in [0.2, 0.25) is 5.78 Å². The van der Waals surface area contributed by atoms with Crippen molar-refractivity contribution >= 4 is 17.7 Å². The SMILES string of the molecule is COc1ccc(CCCOC(=O)[C@@H]2CCCCN2C(=O)C(=O)C2CCCCC2)cc1. The van der Waals surface area contributed by atoms with Crippen molar-refractivity contribution in [3.63, 3.8) is 0 Å². The maximum Gasteiger partial charge on any atom is 0.328 e. The molecule has 1 saturated carbocycles. The number of benzene rings is 1. The molecule has 6 heteroatoms. The number of amides is 1. The number of likely N-dealkylation sites (tertiary alicyclic amines) is 1. The molecule has 1 aliphatic heterocycles. The second-order valence-corrected chi connectivity index (χ2v) is 8.33. The van der Waals surface area contributed by atoms with Crippen LogP contribution in [0.2, 0.25) is 0 Å². The number of Topliss-reactive ketones (excluding diaryl/α,β-unsaturated/α-hetero) is 1. The number of methoxy groups -OCH3 is 1. The Kier molecular flexibility index (Phi) is 8.29. The molecule has 0 unspecified atom stereocenters. The van der Waals surface area contributed by atoms with Gasteiger partial charge in [-0.2, -0.15) is 0 Å². The van der Waals surface area contributed by atoms with Gasteiger partial charge in [-0.15, -0.1) is 0 Å². The van der Waals surface area contributed by atoms with E-state index in [2.05, 4.69) is 0 Å². The van der Waals surface area contributed by atoms with Crippen LogP contribution in [-0.2, 0) is 25.5 Å². The lowest BCUT2D eigenvalue weighted by Gasteiger charge is -2.34. The summed E-state index contributed by atoms with van der Waals surface area (Å²) in [6.45, 7) is 0.767. The quantitative estimate of drug-likeness (QED) is 0.368. The Morgan fingerprint density at radius 1 is 0.967 bits per heavy atom. The number of carbonyl (C=O) groups is 3. The van der Waals surface area contributed by atoms with Crippen molar-refractivity contribution in [3.05, 3.63) is 29.8 Å². The van der Waals surface area contributed by atoms with Crippen molar-refractivity contribution < 1.29 is 23.9 Å². The second kappa shape index (κ2) is 11.1. The first kappa shape index (κ1) is 22.3. The summed E-state index contributed by atoms with van der Waals surface area (Å²) in [4.78, 5) is 39.7. The first-order valence-corrected chi connectivity index (χ1v) is 11.2. The number of rotatable bonds is 8. The summed E-state index contributed by atoms with van der Waals surface area (Å²) in [5.74, 6) is -0.533. The third-order valence-corrected chi connectivity index (χ3v) is 6.24. The van der Waals surface area contributed by atoms with Gasteiger partial charge in [0, 0.05) is 12.5 Å². The molecular weight excluding hydrogens is 382 g/mol. The highest BCUT2D eigenvalue weighted by atomic mass is 16.5. The first-order valence-electron chi connectivity index (χ1n) is 11.2. The molecule has 0 N–H and O–H groups in total. The van der Waals surface area contributed by atoms with Crippen molar-refractivity contribution in [2.75, 3.05) is 20.3 Å². The van der Waals surface area contributed by atoms with Gasteiger partial charge in [0.15, 0.2) is 0 Å². The van der Waals surface area contributed by atoms with E-state index in [1.54, 1.807) is 7.11 Å². The average molecular weight is 416 g/mol. The van der Waals surface area contributed by atoms with E-state index in [1.807, 2.05) is 24.3 Å². The van der Waals surface area contributed by atoms with Gasteiger partial charge in [-0.3, -0.25) is 9.59 Å². The molecule has 1 saturated heterocycles. The number of ketones is 1. The maximum atomic E-state index is 12.8. The number of carbonyl (C=O) groups excluding carboxylic acids is 3. The van der Waals surface area contributed by atoms with Crippen molar-refractivity contribution in [2.24, 2.45) is 5.92 Å². The molecule has 3 rings (SSSR count). The zero-order valence-corrected chi connectivity index (χ0v) is 17.9. The fourth-order valence-electron chi connectivity index (χ4n) is 4.44. The van der Waals surface area contributed by atoms with Crippen LogP contribution in [0.5, 0.6) is 5.75 Å². The molecule has 0 radical (unpaired) electrons. The Balaban J connectivity index is 1.48. The molecule has 1 aliphatic carbocycles. The van der Waals surface area contributed by atoms with E-state index >= 15 is 0 Å². The van der Waals surface area contributed by atoms with Gasteiger partial charge in [-0.05, 0) is 62.6 Å². The first-order chi connectivity index (χ1) is 14.6. The van der Waals surface area contributed by atoms with Crippen LogP contribution < -0.4 is 4.74 Å². The van der Waals surface area contributed by atoms with Crippen molar-refractivity contribution in [2.45, 2.75) is 70.3 Å². The fourth-order valence-corrected chi connectivity index (χ4v) is 4.44. The van der Waals surface area contributed by atoms with Crippen LogP contribution in [0, 0.1) is 5.92 Å². The molecule has 164 valence electrons. The number of esters is 1.